The third kappa shape index (κ3) is 4.88. The first-order valence-electron chi connectivity index (χ1n) is 13.0. The molecular formula is C26H40O8. The molecule has 0 bridgehead atoms. The van der Waals surface area contributed by atoms with Crippen LogP contribution < -0.4 is 0 Å². The lowest BCUT2D eigenvalue weighted by Gasteiger charge is -2.41. The van der Waals surface area contributed by atoms with Crippen molar-refractivity contribution in [3.05, 3.63) is 12.2 Å². The molecule has 5 fully saturated rings. The fourth-order valence-corrected chi connectivity index (χ4v) is 7.03. The highest BCUT2D eigenvalue weighted by atomic mass is 16.5. The highest BCUT2D eigenvalue weighted by Gasteiger charge is 2.62. The van der Waals surface area contributed by atoms with E-state index in [2.05, 4.69) is 6.58 Å². The van der Waals surface area contributed by atoms with Crippen molar-refractivity contribution < 1.29 is 39.1 Å². The number of fused-ring (bicyclic) bond motifs is 1. The number of hydrogen-bond acceptors (Lipinski definition) is 8. The van der Waals surface area contributed by atoms with E-state index in [0.29, 0.717) is 51.7 Å². The van der Waals surface area contributed by atoms with Crippen molar-refractivity contribution in [3.8, 4) is 0 Å². The number of hydrogen-bond donors (Lipinski definition) is 3. The summed E-state index contributed by atoms with van der Waals surface area (Å²) in [6, 6.07) is 0. The van der Waals surface area contributed by atoms with Gasteiger partial charge in [0.1, 0.15) is 17.5 Å². The predicted octanol–water partition coefficient (Wildman–Crippen LogP) is 1.67. The number of ether oxygens (including phenoxy) is 4. The zero-order chi connectivity index (χ0) is 24.0. The predicted molar refractivity (Wildman–Crippen MR) is 122 cm³/mol. The first-order chi connectivity index (χ1) is 16.2. The van der Waals surface area contributed by atoms with Gasteiger partial charge in [0.25, 0.3) is 0 Å². The molecule has 34 heavy (non-hydrogen) atoms. The summed E-state index contributed by atoms with van der Waals surface area (Å²) in [5.74, 6) is 0.105. The molecule has 4 heterocycles. The second-order valence-electron chi connectivity index (χ2n) is 11.3. The van der Waals surface area contributed by atoms with E-state index in [1.807, 2.05) is 6.92 Å². The van der Waals surface area contributed by atoms with E-state index in [0.717, 1.165) is 18.4 Å². The summed E-state index contributed by atoms with van der Waals surface area (Å²) in [6.07, 6.45) is 1.74. The minimum absolute atomic E-state index is 0.0371. The van der Waals surface area contributed by atoms with E-state index in [-0.39, 0.29) is 48.5 Å². The van der Waals surface area contributed by atoms with Gasteiger partial charge in [0.2, 0.25) is 0 Å². The summed E-state index contributed by atoms with van der Waals surface area (Å²) in [6.45, 7) is 7.27. The van der Waals surface area contributed by atoms with Crippen LogP contribution in [-0.4, -0.2) is 88.7 Å². The van der Waals surface area contributed by atoms with Crippen LogP contribution in [0.15, 0.2) is 12.2 Å². The molecule has 5 aliphatic rings. The third-order valence-electron chi connectivity index (χ3n) is 8.83. The van der Waals surface area contributed by atoms with Crippen molar-refractivity contribution in [1.29, 1.82) is 0 Å². The van der Waals surface area contributed by atoms with Gasteiger partial charge < -0.3 is 34.3 Å². The number of Topliss-reactive ketones (excluding diaryl/α,β-unsaturated/α-hetero) is 1. The van der Waals surface area contributed by atoms with Gasteiger partial charge in [-0.25, -0.2) is 0 Å². The minimum Gasteiger partial charge on any atom is -0.390 e. The van der Waals surface area contributed by atoms with Crippen molar-refractivity contribution in [2.45, 2.75) is 119 Å². The molecule has 4 saturated heterocycles. The standard InChI is InChI=1S/C26H40O8/c1-14-7-19(32-13-14)10-20-11-22(28)25(34-20)26(30)12-23(29)24-21(26)4-3-18(33-24)9-17(27)8-16-5-6-31-15(16)2/h15-16,18-25,28-30H,1,3-13H2,2H3/t15-,16?,18?,19?,20+,21?,22?,23?,24-,25?,26?/m0/s1. The molecule has 3 N–H and O–H groups in total. The topological polar surface area (TPSA) is 115 Å². The normalized spacial score (nSPS) is 49.0. The fourth-order valence-electron chi connectivity index (χ4n) is 7.03. The molecule has 0 radical (unpaired) electrons. The number of rotatable bonds is 7. The quantitative estimate of drug-likeness (QED) is 0.472. The first kappa shape index (κ1) is 24.8. The van der Waals surface area contributed by atoms with Gasteiger partial charge in [0.05, 0.1) is 49.3 Å². The molecule has 11 atom stereocenters. The number of aliphatic hydroxyl groups excluding tert-OH is 2. The van der Waals surface area contributed by atoms with E-state index in [4.69, 9.17) is 18.9 Å². The van der Waals surface area contributed by atoms with Gasteiger partial charge in [-0.3, -0.25) is 4.79 Å². The Morgan fingerprint density at radius 1 is 1.06 bits per heavy atom. The smallest absolute Gasteiger partial charge is 0.135 e. The Hall–Kier alpha value is -0.870. The maximum Gasteiger partial charge on any atom is 0.135 e. The van der Waals surface area contributed by atoms with Crippen molar-refractivity contribution in [2.24, 2.45) is 11.8 Å². The second kappa shape index (κ2) is 9.88. The second-order valence-corrected chi connectivity index (χ2v) is 11.3. The highest BCUT2D eigenvalue weighted by molar-refractivity contribution is 5.79. The number of carbonyl (C=O) groups excluding carboxylic acids is 1. The lowest BCUT2D eigenvalue weighted by Crippen LogP contribution is -2.53. The minimum atomic E-state index is -1.36. The Morgan fingerprint density at radius 2 is 1.88 bits per heavy atom. The fraction of sp³-hybridized carbons (Fsp3) is 0.885. The highest BCUT2D eigenvalue weighted by Crippen LogP contribution is 2.50. The Morgan fingerprint density at radius 3 is 2.59 bits per heavy atom. The van der Waals surface area contributed by atoms with Gasteiger partial charge in [0.15, 0.2) is 0 Å². The molecule has 192 valence electrons. The molecule has 5 rings (SSSR count). The molecule has 8 unspecified atom stereocenters. The average molecular weight is 481 g/mol. The van der Waals surface area contributed by atoms with Crippen LogP contribution in [0.5, 0.6) is 0 Å². The van der Waals surface area contributed by atoms with Crippen LogP contribution in [0.3, 0.4) is 0 Å². The van der Waals surface area contributed by atoms with Crippen LogP contribution in [0.1, 0.15) is 64.7 Å². The van der Waals surface area contributed by atoms with Gasteiger partial charge in [-0.2, -0.15) is 0 Å². The van der Waals surface area contributed by atoms with Gasteiger partial charge in [-0.15, -0.1) is 0 Å². The van der Waals surface area contributed by atoms with Crippen molar-refractivity contribution in [2.75, 3.05) is 13.2 Å². The van der Waals surface area contributed by atoms with E-state index in [1.54, 1.807) is 0 Å². The molecule has 1 saturated carbocycles. The molecule has 0 aromatic rings. The van der Waals surface area contributed by atoms with Gasteiger partial charge in [0, 0.05) is 44.6 Å². The Labute approximate surface area is 201 Å². The van der Waals surface area contributed by atoms with Crippen LogP contribution in [0.2, 0.25) is 0 Å². The van der Waals surface area contributed by atoms with Gasteiger partial charge >= 0.3 is 0 Å². The summed E-state index contributed by atoms with van der Waals surface area (Å²) in [5, 5.41) is 33.3. The van der Waals surface area contributed by atoms with Crippen LogP contribution in [-0.2, 0) is 23.7 Å². The Kier molecular flexibility index (Phi) is 7.21. The van der Waals surface area contributed by atoms with Crippen molar-refractivity contribution in [1.82, 2.24) is 0 Å². The van der Waals surface area contributed by atoms with E-state index in [9.17, 15) is 20.1 Å². The number of carbonyl (C=O) groups is 1. The summed E-state index contributed by atoms with van der Waals surface area (Å²) >= 11 is 0. The van der Waals surface area contributed by atoms with Crippen LogP contribution in [0.4, 0.5) is 0 Å². The van der Waals surface area contributed by atoms with E-state index in [1.165, 1.54) is 0 Å². The lowest BCUT2D eigenvalue weighted by molar-refractivity contribution is -0.181. The summed E-state index contributed by atoms with van der Waals surface area (Å²) in [5.41, 5.74) is -0.289. The first-order valence-corrected chi connectivity index (χ1v) is 13.0. The largest absolute Gasteiger partial charge is 0.390 e. The molecule has 4 aliphatic heterocycles. The van der Waals surface area contributed by atoms with Crippen LogP contribution in [0, 0.1) is 11.8 Å². The number of ketones is 1. The molecule has 1 aliphatic carbocycles. The summed E-state index contributed by atoms with van der Waals surface area (Å²) in [4.78, 5) is 12.6. The zero-order valence-electron chi connectivity index (χ0n) is 20.1. The van der Waals surface area contributed by atoms with E-state index >= 15 is 0 Å². The Balaban J connectivity index is 1.17. The molecule has 8 nitrogen and oxygen atoms in total. The average Bonchev–Trinajstić information content (AvgIpc) is 3.53. The summed E-state index contributed by atoms with van der Waals surface area (Å²) in [7, 11) is 0. The Bertz CT molecular complexity index is 772. The maximum absolute atomic E-state index is 12.6. The maximum atomic E-state index is 12.6. The monoisotopic (exact) mass is 480 g/mol. The lowest BCUT2D eigenvalue weighted by atomic mass is 9.78. The van der Waals surface area contributed by atoms with Gasteiger partial charge in [-0.05, 0) is 44.1 Å². The molecule has 0 aromatic carbocycles. The zero-order valence-corrected chi connectivity index (χ0v) is 20.1. The van der Waals surface area contributed by atoms with Crippen LogP contribution in [0.25, 0.3) is 0 Å². The van der Waals surface area contributed by atoms with Gasteiger partial charge in [-0.1, -0.05) is 6.58 Å². The third-order valence-corrected chi connectivity index (χ3v) is 8.83. The molecule has 8 heteroatoms. The molecular weight excluding hydrogens is 440 g/mol. The molecule has 0 spiro atoms. The van der Waals surface area contributed by atoms with E-state index < -0.39 is 30.0 Å². The molecule has 0 aromatic heterocycles. The molecule has 0 amide bonds. The SMILES string of the molecule is C=C1COC(C[C@@H]2CC(O)C(C3(O)CC(O)[C@H]4OC(CC(=O)CC5CCO[C@H]5C)CCC43)O2)C1. The van der Waals surface area contributed by atoms with Crippen molar-refractivity contribution in [3.63, 3.8) is 0 Å². The number of aliphatic hydroxyl groups is 3. The van der Waals surface area contributed by atoms with Crippen molar-refractivity contribution >= 4 is 5.78 Å². The van der Waals surface area contributed by atoms with Crippen LogP contribution >= 0.6 is 0 Å². The summed E-state index contributed by atoms with van der Waals surface area (Å²) < 4.78 is 23.7.